The van der Waals surface area contributed by atoms with E-state index in [1.54, 1.807) is 0 Å². The minimum absolute atomic E-state index is 0.0261. The molecule has 3 aliphatic rings. The zero-order valence-electron chi connectivity index (χ0n) is 13.0. The zero-order valence-corrected chi connectivity index (χ0v) is 13.0. The van der Waals surface area contributed by atoms with E-state index in [-0.39, 0.29) is 30.0 Å². The van der Waals surface area contributed by atoms with Crippen molar-refractivity contribution in [3.05, 3.63) is 0 Å². The van der Waals surface area contributed by atoms with E-state index < -0.39 is 0 Å². The molecule has 0 bridgehead atoms. The molecule has 0 aromatic carbocycles. The van der Waals surface area contributed by atoms with Crippen molar-refractivity contribution in [1.82, 2.24) is 10.2 Å². The lowest BCUT2D eigenvalue weighted by Gasteiger charge is -2.40. The van der Waals surface area contributed by atoms with Crippen molar-refractivity contribution >= 4 is 11.8 Å². The highest BCUT2D eigenvalue weighted by molar-refractivity contribution is 5.97. The third-order valence-electron chi connectivity index (χ3n) is 4.74. The molecule has 0 radical (unpaired) electrons. The molecule has 0 aromatic rings. The van der Waals surface area contributed by atoms with Crippen LogP contribution < -0.4 is 5.32 Å². The van der Waals surface area contributed by atoms with Crippen molar-refractivity contribution in [1.29, 1.82) is 0 Å². The second-order valence-electron chi connectivity index (χ2n) is 7.09. The van der Waals surface area contributed by atoms with Gasteiger partial charge in [0.1, 0.15) is 12.1 Å². The van der Waals surface area contributed by atoms with Crippen LogP contribution in [-0.4, -0.2) is 48.1 Å². The minimum Gasteiger partial charge on any atom is -0.376 e. The van der Waals surface area contributed by atoms with Crippen molar-refractivity contribution in [2.45, 2.75) is 64.1 Å². The normalized spacial score (nSPS) is 33.7. The average Bonchev–Trinajstić information content (AvgIpc) is 3.14. The molecule has 21 heavy (non-hydrogen) atoms. The molecular formula is C16H26N2O3. The summed E-state index contributed by atoms with van der Waals surface area (Å²) < 4.78 is 5.68. The average molecular weight is 294 g/mol. The van der Waals surface area contributed by atoms with Gasteiger partial charge in [-0.1, -0.05) is 13.8 Å². The Bertz CT molecular complexity index is 414. The fourth-order valence-corrected chi connectivity index (χ4v) is 3.44. The monoisotopic (exact) mass is 294 g/mol. The molecule has 5 nitrogen and oxygen atoms in total. The lowest BCUT2D eigenvalue weighted by molar-refractivity contribution is -0.152. The predicted molar refractivity (Wildman–Crippen MR) is 78.6 cm³/mol. The number of carbonyl (C=O) groups excluding carboxylic acids is 2. The first-order valence-electron chi connectivity index (χ1n) is 8.28. The predicted octanol–water partition coefficient (Wildman–Crippen LogP) is 1.32. The van der Waals surface area contributed by atoms with Gasteiger partial charge in [-0.05, 0) is 43.9 Å². The highest BCUT2D eigenvalue weighted by Gasteiger charge is 2.47. The fourth-order valence-electron chi connectivity index (χ4n) is 3.44. The summed E-state index contributed by atoms with van der Waals surface area (Å²) in [6.45, 7) is 5.54. The molecule has 3 unspecified atom stereocenters. The molecule has 2 saturated heterocycles. The van der Waals surface area contributed by atoms with Crippen LogP contribution in [0.4, 0.5) is 0 Å². The van der Waals surface area contributed by atoms with Gasteiger partial charge in [0.25, 0.3) is 0 Å². The number of ether oxygens (including phenoxy) is 1. The van der Waals surface area contributed by atoms with Crippen LogP contribution in [-0.2, 0) is 14.3 Å². The summed E-state index contributed by atoms with van der Waals surface area (Å²) in [6.07, 6.45) is 4.99. The van der Waals surface area contributed by atoms with Crippen LogP contribution in [0.1, 0.15) is 46.0 Å². The van der Waals surface area contributed by atoms with Crippen molar-refractivity contribution in [3.63, 3.8) is 0 Å². The van der Waals surface area contributed by atoms with Crippen LogP contribution in [0, 0.1) is 11.8 Å². The Kier molecular flexibility index (Phi) is 4.20. The van der Waals surface area contributed by atoms with E-state index >= 15 is 0 Å². The highest BCUT2D eigenvalue weighted by Crippen LogP contribution is 2.36. The minimum atomic E-state index is -0.323. The molecule has 118 valence electrons. The third-order valence-corrected chi connectivity index (χ3v) is 4.74. The zero-order chi connectivity index (χ0) is 15.0. The molecule has 2 heterocycles. The molecule has 0 spiro atoms. The number of nitrogens with zero attached hydrogens (tertiary/aromatic N) is 1. The van der Waals surface area contributed by atoms with E-state index in [0.717, 1.165) is 38.7 Å². The van der Waals surface area contributed by atoms with Crippen LogP contribution >= 0.6 is 0 Å². The Morgan fingerprint density at radius 1 is 1.29 bits per heavy atom. The first-order chi connectivity index (χ1) is 10.1. The SMILES string of the molecule is CC(C)CC1C(=O)NC(C2CC2)C(=O)N1CC1CCCO1. The number of piperazine rings is 1. The maximum atomic E-state index is 12.8. The Hall–Kier alpha value is -1.10. The van der Waals surface area contributed by atoms with E-state index in [0.29, 0.717) is 18.4 Å². The molecule has 1 N–H and O–H groups in total. The third kappa shape index (κ3) is 3.23. The second kappa shape index (κ2) is 5.95. The molecule has 3 atom stereocenters. The smallest absolute Gasteiger partial charge is 0.246 e. The highest BCUT2D eigenvalue weighted by atomic mass is 16.5. The van der Waals surface area contributed by atoms with E-state index in [1.165, 1.54) is 0 Å². The number of carbonyl (C=O) groups is 2. The molecule has 1 saturated carbocycles. The number of amides is 2. The number of rotatable bonds is 5. The largest absolute Gasteiger partial charge is 0.376 e. The molecule has 1 aliphatic carbocycles. The van der Waals surface area contributed by atoms with Gasteiger partial charge < -0.3 is 15.0 Å². The molecule has 2 aliphatic heterocycles. The van der Waals surface area contributed by atoms with Crippen LogP contribution in [0.2, 0.25) is 0 Å². The van der Waals surface area contributed by atoms with Gasteiger partial charge in [0.05, 0.1) is 6.10 Å². The van der Waals surface area contributed by atoms with Gasteiger partial charge in [-0.3, -0.25) is 9.59 Å². The molecular weight excluding hydrogens is 268 g/mol. The van der Waals surface area contributed by atoms with Crippen LogP contribution in [0.15, 0.2) is 0 Å². The lowest BCUT2D eigenvalue weighted by Crippen LogP contribution is -2.65. The van der Waals surface area contributed by atoms with Gasteiger partial charge >= 0.3 is 0 Å². The standard InChI is InChI=1S/C16H26N2O3/c1-10(2)8-13-15(19)17-14(11-5-6-11)16(20)18(13)9-12-4-3-7-21-12/h10-14H,3-9H2,1-2H3,(H,17,19). The Morgan fingerprint density at radius 2 is 2.05 bits per heavy atom. The van der Waals surface area contributed by atoms with Crippen LogP contribution in [0.5, 0.6) is 0 Å². The number of nitrogens with one attached hydrogen (secondary N) is 1. The van der Waals surface area contributed by atoms with E-state index in [1.807, 2.05) is 4.90 Å². The van der Waals surface area contributed by atoms with Gasteiger partial charge in [-0.25, -0.2) is 0 Å². The summed E-state index contributed by atoms with van der Waals surface area (Å²) in [5.41, 5.74) is 0. The molecule has 3 rings (SSSR count). The molecule has 3 fully saturated rings. The van der Waals surface area contributed by atoms with Crippen LogP contribution in [0.3, 0.4) is 0 Å². The number of hydrogen-bond donors (Lipinski definition) is 1. The lowest BCUT2D eigenvalue weighted by atomic mass is 9.96. The molecule has 2 amide bonds. The van der Waals surface area contributed by atoms with Crippen molar-refractivity contribution < 1.29 is 14.3 Å². The van der Waals surface area contributed by atoms with Crippen molar-refractivity contribution in [2.24, 2.45) is 11.8 Å². The summed E-state index contributed by atoms with van der Waals surface area (Å²) in [7, 11) is 0. The van der Waals surface area contributed by atoms with Gasteiger partial charge in [0.2, 0.25) is 11.8 Å². The first-order valence-corrected chi connectivity index (χ1v) is 8.28. The summed E-state index contributed by atoms with van der Waals surface area (Å²) in [4.78, 5) is 27.1. The van der Waals surface area contributed by atoms with E-state index in [4.69, 9.17) is 4.74 Å². The number of hydrogen-bond acceptors (Lipinski definition) is 3. The van der Waals surface area contributed by atoms with E-state index in [9.17, 15) is 9.59 Å². The molecule has 0 aromatic heterocycles. The van der Waals surface area contributed by atoms with Gasteiger partial charge in [0, 0.05) is 13.2 Å². The Labute approximate surface area is 126 Å². The molecule has 5 heteroatoms. The summed E-state index contributed by atoms with van der Waals surface area (Å²) in [5.74, 6) is 0.878. The van der Waals surface area contributed by atoms with Gasteiger partial charge in [-0.2, -0.15) is 0 Å². The summed E-state index contributed by atoms with van der Waals surface area (Å²) >= 11 is 0. The fraction of sp³-hybridized carbons (Fsp3) is 0.875. The van der Waals surface area contributed by atoms with Gasteiger partial charge in [0.15, 0.2) is 0 Å². The Balaban J connectivity index is 1.75. The Morgan fingerprint density at radius 3 is 2.62 bits per heavy atom. The maximum absolute atomic E-state index is 12.8. The summed E-state index contributed by atoms with van der Waals surface area (Å²) in [5, 5.41) is 2.97. The maximum Gasteiger partial charge on any atom is 0.246 e. The van der Waals surface area contributed by atoms with E-state index in [2.05, 4.69) is 19.2 Å². The van der Waals surface area contributed by atoms with Gasteiger partial charge in [-0.15, -0.1) is 0 Å². The van der Waals surface area contributed by atoms with Crippen molar-refractivity contribution in [2.75, 3.05) is 13.2 Å². The second-order valence-corrected chi connectivity index (χ2v) is 7.09. The topological polar surface area (TPSA) is 58.6 Å². The van der Waals surface area contributed by atoms with Crippen molar-refractivity contribution in [3.8, 4) is 0 Å². The first kappa shape index (κ1) is 14.8. The van der Waals surface area contributed by atoms with Crippen LogP contribution in [0.25, 0.3) is 0 Å². The summed E-state index contributed by atoms with van der Waals surface area (Å²) in [6, 6.07) is -0.612. The quantitative estimate of drug-likeness (QED) is 0.832.